The summed E-state index contributed by atoms with van der Waals surface area (Å²) in [7, 11) is -2.95. The first-order chi connectivity index (χ1) is 6.62. The molecule has 0 aromatic carbocycles. The summed E-state index contributed by atoms with van der Waals surface area (Å²) >= 11 is 0. The summed E-state index contributed by atoms with van der Waals surface area (Å²) in [6.07, 6.45) is 1.29. The zero-order chi connectivity index (χ0) is 11.5. The minimum absolute atomic E-state index is 0.219. The van der Waals surface area contributed by atoms with E-state index in [1.54, 1.807) is 4.31 Å². The van der Waals surface area contributed by atoms with E-state index in [9.17, 15) is 8.42 Å². The SMILES string of the molecule is CC(C)(C)N1CC2(C1)CN(S(C)(=O)=O)C2. The molecule has 2 heterocycles. The van der Waals surface area contributed by atoms with E-state index in [2.05, 4.69) is 25.7 Å². The minimum atomic E-state index is -2.95. The molecule has 0 saturated carbocycles. The van der Waals surface area contributed by atoms with Crippen molar-refractivity contribution in [2.45, 2.75) is 26.3 Å². The van der Waals surface area contributed by atoms with Crippen molar-refractivity contribution in [3.8, 4) is 0 Å². The quantitative estimate of drug-likeness (QED) is 0.655. The van der Waals surface area contributed by atoms with Crippen molar-refractivity contribution in [1.82, 2.24) is 9.21 Å². The van der Waals surface area contributed by atoms with Gasteiger partial charge in [0.05, 0.1) is 6.26 Å². The molecule has 0 radical (unpaired) electrons. The molecule has 2 aliphatic heterocycles. The smallest absolute Gasteiger partial charge is 0.211 e. The van der Waals surface area contributed by atoms with Crippen molar-refractivity contribution >= 4 is 10.0 Å². The Morgan fingerprint density at radius 1 is 1.07 bits per heavy atom. The van der Waals surface area contributed by atoms with Gasteiger partial charge in [0.25, 0.3) is 0 Å². The number of hydrogen-bond donors (Lipinski definition) is 0. The van der Waals surface area contributed by atoms with Crippen molar-refractivity contribution in [3.63, 3.8) is 0 Å². The molecule has 0 amide bonds. The highest BCUT2D eigenvalue weighted by atomic mass is 32.2. The van der Waals surface area contributed by atoms with Crippen molar-refractivity contribution in [3.05, 3.63) is 0 Å². The summed E-state index contributed by atoms with van der Waals surface area (Å²) in [4.78, 5) is 2.41. The van der Waals surface area contributed by atoms with Gasteiger partial charge in [0, 0.05) is 37.1 Å². The van der Waals surface area contributed by atoms with Crippen LogP contribution in [0.25, 0.3) is 0 Å². The first-order valence-electron chi connectivity index (χ1n) is 5.33. The second-order valence-corrected chi connectivity index (χ2v) is 8.04. The van der Waals surface area contributed by atoms with E-state index in [4.69, 9.17) is 0 Å². The maximum Gasteiger partial charge on any atom is 0.211 e. The number of sulfonamides is 1. The third kappa shape index (κ3) is 1.92. The highest BCUT2D eigenvalue weighted by molar-refractivity contribution is 7.88. The van der Waals surface area contributed by atoms with E-state index in [-0.39, 0.29) is 11.0 Å². The minimum Gasteiger partial charge on any atom is -0.297 e. The molecule has 0 aromatic rings. The maximum absolute atomic E-state index is 11.2. The van der Waals surface area contributed by atoms with Crippen molar-refractivity contribution < 1.29 is 8.42 Å². The third-order valence-corrected chi connectivity index (χ3v) is 4.69. The standard InChI is InChI=1S/C10H20N2O2S/c1-9(2,3)11-5-10(6-11)7-12(8-10)15(4,13)14/h5-8H2,1-4H3. The van der Waals surface area contributed by atoms with Crippen LogP contribution in [-0.4, -0.2) is 55.6 Å². The maximum atomic E-state index is 11.2. The number of likely N-dealkylation sites (tertiary alicyclic amines) is 1. The van der Waals surface area contributed by atoms with Crippen LogP contribution in [0, 0.1) is 5.41 Å². The second-order valence-electron chi connectivity index (χ2n) is 6.06. The molecule has 0 bridgehead atoms. The molecule has 2 saturated heterocycles. The fourth-order valence-electron chi connectivity index (χ4n) is 2.37. The first-order valence-corrected chi connectivity index (χ1v) is 7.18. The molecule has 2 aliphatic rings. The van der Waals surface area contributed by atoms with Crippen molar-refractivity contribution in [2.75, 3.05) is 32.4 Å². The molecular weight excluding hydrogens is 212 g/mol. The van der Waals surface area contributed by atoms with E-state index < -0.39 is 10.0 Å². The molecule has 1 spiro atoms. The Morgan fingerprint density at radius 3 is 1.87 bits per heavy atom. The zero-order valence-corrected chi connectivity index (χ0v) is 10.8. The van der Waals surface area contributed by atoms with Gasteiger partial charge in [-0.25, -0.2) is 12.7 Å². The Bertz CT molecular complexity index is 355. The van der Waals surface area contributed by atoms with Crippen LogP contribution < -0.4 is 0 Å². The largest absolute Gasteiger partial charge is 0.297 e. The third-order valence-electron chi connectivity index (χ3n) is 3.49. The van der Waals surface area contributed by atoms with Crippen LogP contribution in [0.1, 0.15) is 20.8 Å². The van der Waals surface area contributed by atoms with Gasteiger partial charge in [-0.15, -0.1) is 0 Å². The fraction of sp³-hybridized carbons (Fsp3) is 1.00. The van der Waals surface area contributed by atoms with Crippen LogP contribution in [0.4, 0.5) is 0 Å². The number of rotatable bonds is 1. The topological polar surface area (TPSA) is 40.6 Å². The Balaban J connectivity index is 1.88. The van der Waals surface area contributed by atoms with Crippen LogP contribution in [0.3, 0.4) is 0 Å². The highest BCUT2D eigenvalue weighted by Crippen LogP contribution is 2.43. The molecule has 0 aromatic heterocycles. The number of hydrogen-bond acceptors (Lipinski definition) is 3. The molecule has 4 nitrogen and oxygen atoms in total. The van der Waals surface area contributed by atoms with Crippen molar-refractivity contribution in [2.24, 2.45) is 5.41 Å². The first kappa shape index (κ1) is 11.4. The molecule has 0 unspecified atom stereocenters. The van der Waals surface area contributed by atoms with Gasteiger partial charge in [0.2, 0.25) is 10.0 Å². The lowest BCUT2D eigenvalue weighted by molar-refractivity contribution is -0.118. The van der Waals surface area contributed by atoms with Crippen LogP contribution in [0.2, 0.25) is 0 Å². The average molecular weight is 232 g/mol. The van der Waals surface area contributed by atoms with Crippen LogP contribution >= 0.6 is 0 Å². The van der Waals surface area contributed by atoms with E-state index in [1.165, 1.54) is 6.26 Å². The van der Waals surface area contributed by atoms with Crippen molar-refractivity contribution in [1.29, 1.82) is 0 Å². The van der Waals surface area contributed by atoms with Gasteiger partial charge in [-0.05, 0) is 20.8 Å². The zero-order valence-electron chi connectivity index (χ0n) is 9.95. The van der Waals surface area contributed by atoms with Gasteiger partial charge in [-0.2, -0.15) is 0 Å². The molecule has 5 heteroatoms. The van der Waals surface area contributed by atoms with Crippen LogP contribution in [0.15, 0.2) is 0 Å². The summed E-state index contributed by atoms with van der Waals surface area (Å²) in [5, 5.41) is 0. The van der Waals surface area contributed by atoms with E-state index in [0.717, 1.165) is 26.2 Å². The lowest BCUT2D eigenvalue weighted by Crippen LogP contribution is -2.75. The predicted molar refractivity (Wildman–Crippen MR) is 60.2 cm³/mol. The summed E-state index contributed by atoms with van der Waals surface area (Å²) in [6.45, 7) is 10.1. The van der Waals surface area contributed by atoms with Gasteiger partial charge in [-0.3, -0.25) is 4.90 Å². The van der Waals surface area contributed by atoms with E-state index in [0.29, 0.717) is 0 Å². The predicted octanol–water partition coefficient (Wildman–Crippen LogP) is 0.362. The van der Waals surface area contributed by atoms with E-state index >= 15 is 0 Å². The molecule has 15 heavy (non-hydrogen) atoms. The average Bonchev–Trinajstić information content (AvgIpc) is 1.71. The molecule has 0 atom stereocenters. The highest BCUT2D eigenvalue weighted by Gasteiger charge is 2.55. The molecule has 0 aliphatic carbocycles. The van der Waals surface area contributed by atoms with E-state index in [1.807, 2.05) is 0 Å². The van der Waals surface area contributed by atoms with Gasteiger partial charge in [-0.1, -0.05) is 0 Å². The normalized spacial score (nSPS) is 27.5. The Kier molecular flexibility index (Phi) is 2.24. The lowest BCUT2D eigenvalue weighted by Gasteiger charge is -2.62. The lowest BCUT2D eigenvalue weighted by atomic mass is 9.72. The fourth-order valence-corrected chi connectivity index (χ4v) is 3.39. The van der Waals surface area contributed by atoms with Crippen LogP contribution in [-0.2, 0) is 10.0 Å². The summed E-state index contributed by atoms with van der Waals surface area (Å²) in [5.41, 5.74) is 0.493. The molecule has 88 valence electrons. The molecule has 2 fully saturated rings. The second kappa shape index (κ2) is 2.96. The van der Waals surface area contributed by atoms with Crippen LogP contribution in [0.5, 0.6) is 0 Å². The molecule has 0 N–H and O–H groups in total. The Labute approximate surface area is 92.3 Å². The van der Waals surface area contributed by atoms with Gasteiger partial charge in [0.1, 0.15) is 0 Å². The molecule has 2 rings (SSSR count). The number of nitrogens with zero attached hydrogens (tertiary/aromatic N) is 2. The Hall–Kier alpha value is -0.130. The van der Waals surface area contributed by atoms with Gasteiger partial charge in [0.15, 0.2) is 0 Å². The van der Waals surface area contributed by atoms with Gasteiger partial charge >= 0.3 is 0 Å². The monoisotopic (exact) mass is 232 g/mol. The summed E-state index contributed by atoms with van der Waals surface area (Å²) in [6, 6.07) is 0. The summed E-state index contributed by atoms with van der Waals surface area (Å²) < 4.78 is 24.0. The summed E-state index contributed by atoms with van der Waals surface area (Å²) in [5.74, 6) is 0. The van der Waals surface area contributed by atoms with Gasteiger partial charge < -0.3 is 0 Å². The molecular formula is C10H20N2O2S. The Morgan fingerprint density at radius 2 is 1.53 bits per heavy atom.